The lowest BCUT2D eigenvalue weighted by molar-refractivity contribution is 0.0697. The second-order valence-corrected chi connectivity index (χ2v) is 4.16. The van der Waals surface area contributed by atoms with Gasteiger partial charge >= 0.3 is 5.97 Å². The summed E-state index contributed by atoms with van der Waals surface area (Å²) in [7, 11) is 0. The van der Waals surface area contributed by atoms with Crippen LogP contribution >= 0.6 is 11.8 Å². The summed E-state index contributed by atoms with van der Waals surface area (Å²) in [4.78, 5) is 10.6. The number of nitrogens with one attached hydrogen (secondary N) is 1. The predicted molar refractivity (Wildman–Crippen MR) is 63.5 cm³/mol. The molecule has 0 amide bonds. The van der Waals surface area contributed by atoms with Crippen LogP contribution in [0.3, 0.4) is 0 Å². The number of rotatable bonds is 6. The van der Waals surface area contributed by atoms with Crippen molar-refractivity contribution in [2.45, 2.75) is 6.54 Å². The Hall–Kier alpha value is -1.00. The van der Waals surface area contributed by atoms with Crippen LogP contribution < -0.4 is 5.32 Å². The largest absolute Gasteiger partial charge is 0.478 e. The maximum absolute atomic E-state index is 10.6. The minimum Gasteiger partial charge on any atom is -0.478 e. The number of carboxylic acids is 1. The van der Waals surface area contributed by atoms with Gasteiger partial charge in [-0.25, -0.2) is 4.79 Å². The van der Waals surface area contributed by atoms with Crippen molar-refractivity contribution in [1.29, 1.82) is 0 Å². The molecule has 0 saturated heterocycles. The van der Waals surface area contributed by atoms with Crippen LogP contribution in [-0.2, 0) is 6.54 Å². The van der Waals surface area contributed by atoms with Crippen molar-refractivity contribution in [3.8, 4) is 0 Å². The van der Waals surface area contributed by atoms with E-state index in [1.807, 2.05) is 12.1 Å². The second kappa shape index (κ2) is 6.48. The molecule has 2 N–H and O–H groups in total. The summed E-state index contributed by atoms with van der Waals surface area (Å²) in [5.74, 6) is 0.213. The first-order valence-electron chi connectivity index (χ1n) is 4.76. The summed E-state index contributed by atoms with van der Waals surface area (Å²) < 4.78 is 0. The van der Waals surface area contributed by atoms with Crippen LogP contribution in [0.25, 0.3) is 0 Å². The first-order chi connectivity index (χ1) is 7.24. The molecule has 15 heavy (non-hydrogen) atoms. The molecule has 1 rings (SSSR count). The quantitative estimate of drug-likeness (QED) is 0.725. The Bertz CT molecular complexity index is 311. The Kier molecular flexibility index (Phi) is 5.21. The fraction of sp³-hybridized carbons (Fsp3) is 0.364. The van der Waals surface area contributed by atoms with Gasteiger partial charge in [-0.15, -0.1) is 0 Å². The highest BCUT2D eigenvalue weighted by Gasteiger charge is 2.00. The van der Waals surface area contributed by atoms with E-state index in [4.69, 9.17) is 5.11 Å². The second-order valence-electron chi connectivity index (χ2n) is 3.17. The van der Waals surface area contributed by atoms with Crippen LogP contribution in [-0.4, -0.2) is 29.6 Å². The fourth-order valence-corrected chi connectivity index (χ4v) is 1.52. The molecule has 0 heterocycles. The van der Waals surface area contributed by atoms with Crippen LogP contribution in [0.4, 0.5) is 0 Å². The Balaban J connectivity index is 2.39. The van der Waals surface area contributed by atoms with Gasteiger partial charge in [0.25, 0.3) is 0 Å². The highest BCUT2D eigenvalue weighted by molar-refractivity contribution is 7.98. The van der Waals surface area contributed by atoms with E-state index in [1.54, 1.807) is 23.9 Å². The molecule has 4 heteroatoms. The Labute approximate surface area is 93.9 Å². The van der Waals surface area contributed by atoms with Gasteiger partial charge in [0, 0.05) is 18.8 Å². The first-order valence-corrected chi connectivity index (χ1v) is 6.15. The van der Waals surface area contributed by atoms with Crippen LogP contribution in [0.5, 0.6) is 0 Å². The van der Waals surface area contributed by atoms with Crippen molar-refractivity contribution in [3.63, 3.8) is 0 Å². The van der Waals surface area contributed by atoms with Gasteiger partial charge in [0.1, 0.15) is 0 Å². The van der Waals surface area contributed by atoms with Crippen molar-refractivity contribution in [3.05, 3.63) is 35.4 Å². The molecule has 0 spiro atoms. The molecule has 0 aromatic heterocycles. The summed E-state index contributed by atoms with van der Waals surface area (Å²) in [5, 5.41) is 12.0. The summed E-state index contributed by atoms with van der Waals surface area (Å²) in [6.07, 6.45) is 2.07. The SMILES string of the molecule is CSCCNCc1ccc(C(=O)O)cc1. The number of carboxylic acid groups (broad SMARTS) is 1. The molecule has 0 aliphatic rings. The topological polar surface area (TPSA) is 49.3 Å². The zero-order valence-electron chi connectivity index (χ0n) is 8.69. The normalized spacial score (nSPS) is 10.2. The smallest absolute Gasteiger partial charge is 0.335 e. The third-order valence-electron chi connectivity index (χ3n) is 2.01. The maximum Gasteiger partial charge on any atom is 0.335 e. The number of carbonyl (C=O) groups is 1. The molecule has 0 unspecified atom stereocenters. The molecule has 82 valence electrons. The molecule has 0 saturated carbocycles. The van der Waals surface area contributed by atoms with Crippen LogP contribution in [0.15, 0.2) is 24.3 Å². The van der Waals surface area contributed by atoms with Gasteiger partial charge in [-0.3, -0.25) is 0 Å². The van der Waals surface area contributed by atoms with E-state index in [0.717, 1.165) is 24.4 Å². The Morgan fingerprint density at radius 1 is 1.40 bits per heavy atom. The number of thioether (sulfide) groups is 1. The van der Waals surface area contributed by atoms with E-state index in [0.29, 0.717) is 5.56 Å². The van der Waals surface area contributed by atoms with Gasteiger partial charge in [-0.05, 0) is 24.0 Å². The summed E-state index contributed by atoms with van der Waals surface area (Å²) in [6, 6.07) is 6.95. The van der Waals surface area contributed by atoms with Crippen LogP contribution in [0, 0.1) is 0 Å². The lowest BCUT2D eigenvalue weighted by Gasteiger charge is -2.03. The van der Waals surface area contributed by atoms with Gasteiger partial charge in [0.2, 0.25) is 0 Å². The molecule has 1 aromatic rings. The van der Waals surface area contributed by atoms with E-state index in [2.05, 4.69) is 11.6 Å². The summed E-state index contributed by atoms with van der Waals surface area (Å²) in [6.45, 7) is 1.77. The van der Waals surface area contributed by atoms with Crippen molar-refractivity contribution in [2.75, 3.05) is 18.6 Å². The third-order valence-corrected chi connectivity index (χ3v) is 2.63. The number of aromatic carboxylic acids is 1. The van der Waals surface area contributed by atoms with E-state index in [9.17, 15) is 4.79 Å². The number of benzene rings is 1. The third kappa shape index (κ3) is 4.36. The predicted octanol–water partition coefficient (Wildman–Crippen LogP) is 1.84. The van der Waals surface area contributed by atoms with Crippen molar-refractivity contribution in [1.82, 2.24) is 5.32 Å². The molecule has 1 aromatic carbocycles. The Morgan fingerprint density at radius 2 is 2.07 bits per heavy atom. The molecule has 0 bridgehead atoms. The van der Waals surface area contributed by atoms with Gasteiger partial charge in [-0.2, -0.15) is 11.8 Å². The zero-order chi connectivity index (χ0) is 11.1. The monoisotopic (exact) mass is 225 g/mol. The van der Waals surface area contributed by atoms with Gasteiger partial charge in [-0.1, -0.05) is 12.1 Å². The maximum atomic E-state index is 10.6. The number of hydrogen-bond acceptors (Lipinski definition) is 3. The van der Waals surface area contributed by atoms with Gasteiger partial charge in [0.05, 0.1) is 5.56 Å². The lowest BCUT2D eigenvalue weighted by atomic mass is 10.1. The minimum absolute atomic E-state index is 0.336. The summed E-state index contributed by atoms with van der Waals surface area (Å²) >= 11 is 1.80. The average Bonchev–Trinajstić information content (AvgIpc) is 2.25. The fourth-order valence-electron chi connectivity index (χ4n) is 1.17. The molecule has 0 aliphatic carbocycles. The lowest BCUT2D eigenvalue weighted by Crippen LogP contribution is -2.16. The molecule has 3 nitrogen and oxygen atoms in total. The average molecular weight is 225 g/mol. The molecule has 0 fully saturated rings. The summed E-state index contributed by atoms with van der Waals surface area (Å²) in [5.41, 5.74) is 1.45. The number of hydrogen-bond donors (Lipinski definition) is 2. The van der Waals surface area contributed by atoms with E-state index < -0.39 is 5.97 Å². The molecule has 0 atom stereocenters. The molecular formula is C11H15NO2S. The molecular weight excluding hydrogens is 210 g/mol. The highest BCUT2D eigenvalue weighted by Crippen LogP contribution is 2.04. The zero-order valence-corrected chi connectivity index (χ0v) is 9.51. The van der Waals surface area contributed by atoms with Gasteiger partial charge in [0.15, 0.2) is 0 Å². The van der Waals surface area contributed by atoms with Crippen molar-refractivity contribution in [2.24, 2.45) is 0 Å². The van der Waals surface area contributed by atoms with Crippen LogP contribution in [0.1, 0.15) is 15.9 Å². The first kappa shape index (κ1) is 12.1. The van der Waals surface area contributed by atoms with Crippen LogP contribution in [0.2, 0.25) is 0 Å². The van der Waals surface area contributed by atoms with E-state index in [1.165, 1.54) is 0 Å². The van der Waals surface area contributed by atoms with E-state index in [-0.39, 0.29) is 0 Å². The standard InChI is InChI=1S/C11H15NO2S/c1-15-7-6-12-8-9-2-4-10(5-3-9)11(13)14/h2-5,12H,6-8H2,1H3,(H,13,14). The highest BCUT2D eigenvalue weighted by atomic mass is 32.2. The molecule has 0 radical (unpaired) electrons. The minimum atomic E-state index is -0.878. The Morgan fingerprint density at radius 3 is 2.60 bits per heavy atom. The van der Waals surface area contributed by atoms with Crippen molar-refractivity contribution < 1.29 is 9.90 Å². The molecule has 0 aliphatic heterocycles. The van der Waals surface area contributed by atoms with Crippen molar-refractivity contribution >= 4 is 17.7 Å². The van der Waals surface area contributed by atoms with Gasteiger partial charge < -0.3 is 10.4 Å². The van der Waals surface area contributed by atoms with E-state index >= 15 is 0 Å².